The van der Waals surface area contributed by atoms with Crippen molar-refractivity contribution in [1.29, 1.82) is 0 Å². The summed E-state index contributed by atoms with van der Waals surface area (Å²) >= 11 is 0. The summed E-state index contributed by atoms with van der Waals surface area (Å²) in [6.07, 6.45) is 6.31. The van der Waals surface area contributed by atoms with Crippen LogP contribution in [0.3, 0.4) is 0 Å². The fraction of sp³-hybridized carbons (Fsp3) is 1.00. The molecule has 0 saturated carbocycles. The molecule has 98 valence electrons. The number of sulfonamides is 1. The minimum absolute atomic E-state index is 0.324. The Kier molecular flexibility index (Phi) is 8.94. The number of hydrogen-bond donors (Lipinski definition) is 0. The molecule has 0 aromatic carbocycles. The van der Waals surface area contributed by atoms with Gasteiger partial charge in [0.2, 0.25) is 10.0 Å². The Bertz CT molecular complexity index is 250. The van der Waals surface area contributed by atoms with Crippen molar-refractivity contribution < 1.29 is 8.42 Å². The maximum Gasteiger partial charge on any atom is 0.214 e. The molecule has 16 heavy (non-hydrogen) atoms. The van der Waals surface area contributed by atoms with E-state index in [1.807, 2.05) is 13.8 Å². The molecular formula is C12H27NO2S. The van der Waals surface area contributed by atoms with Gasteiger partial charge >= 0.3 is 0 Å². The zero-order valence-electron chi connectivity index (χ0n) is 11.0. The molecule has 0 radical (unpaired) electrons. The molecule has 0 aromatic heterocycles. The Morgan fingerprint density at radius 1 is 0.875 bits per heavy atom. The van der Waals surface area contributed by atoms with Crippen LogP contribution < -0.4 is 0 Å². The quantitative estimate of drug-likeness (QED) is 0.558. The van der Waals surface area contributed by atoms with Crippen molar-refractivity contribution in [3.8, 4) is 0 Å². The largest absolute Gasteiger partial charge is 0.214 e. The monoisotopic (exact) mass is 249 g/mol. The molecule has 0 unspecified atom stereocenters. The second-order valence-corrected chi connectivity index (χ2v) is 6.31. The molecule has 0 bridgehead atoms. The fourth-order valence-corrected chi connectivity index (χ4v) is 3.44. The zero-order chi connectivity index (χ0) is 12.4. The van der Waals surface area contributed by atoms with Crippen LogP contribution in [0.2, 0.25) is 0 Å². The van der Waals surface area contributed by atoms with Crippen molar-refractivity contribution in [3.63, 3.8) is 0 Å². The Morgan fingerprint density at radius 2 is 1.50 bits per heavy atom. The maximum absolute atomic E-state index is 11.9. The molecule has 0 aliphatic rings. The number of rotatable bonds is 10. The Balaban J connectivity index is 3.93. The first-order chi connectivity index (χ1) is 7.58. The highest BCUT2D eigenvalue weighted by Gasteiger charge is 2.18. The minimum atomic E-state index is -2.99. The molecule has 0 saturated heterocycles. The lowest BCUT2D eigenvalue weighted by molar-refractivity contribution is 0.425. The first-order valence-corrected chi connectivity index (χ1v) is 8.17. The second kappa shape index (κ2) is 8.99. The van der Waals surface area contributed by atoms with E-state index >= 15 is 0 Å². The Labute approximate surface area is 101 Å². The zero-order valence-corrected chi connectivity index (χ0v) is 11.9. The molecule has 0 atom stereocenters. The van der Waals surface area contributed by atoms with E-state index in [1.165, 1.54) is 12.8 Å². The highest BCUT2D eigenvalue weighted by atomic mass is 32.2. The normalized spacial score (nSPS) is 12.2. The summed E-state index contributed by atoms with van der Waals surface area (Å²) in [7, 11) is -2.99. The van der Waals surface area contributed by atoms with Gasteiger partial charge in [0.1, 0.15) is 0 Å². The van der Waals surface area contributed by atoms with Gasteiger partial charge in [-0.15, -0.1) is 0 Å². The van der Waals surface area contributed by atoms with Crippen molar-refractivity contribution in [2.75, 3.05) is 18.8 Å². The summed E-state index contributed by atoms with van der Waals surface area (Å²) in [4.78, 5) is 0. The molecule has 3 nitrogen and oxygen atoms in total. The van der Waals surface area contributed by atoms with Gasteiger partial charge in [-0.05, 0) is 12.8 Å². The van der Waals surface area contributed by atoms with Gasteiger partial charge in [-0.1, -0.05) is 46.5 Å². The summed E-state index contributed by atoms with van der Waals surface area (Å²) < 4.78 is 25.4. The van der Waals surface area contributed by atoms with Gasteiger partial charge in [0.05, 0.1) is 5.75 Å². The van der Waals surface area contributed by atoms with Crippen molar-refractivity contribution in [3.05, 3.63) is 0 Å². The van der Waals surface area contributed by atoms with Gasteiger partial charge in [0, 0.05) is 13.1 Å². The Morgan fingerprint density at radius 3 is 2.00 bits per heavy atom. The SMILES string of the molecule is CCCCCCCS(=O)(=O)N(CC)CCC. The van der Waals surface area contributed by atoms with Gasteiger partial charge in [-0.25, -0.2) is 12.7 Å². The maximum atomic E-state index is 11.9. The van der Waals surface area contributed by atoms with Crippen LogP contribution in [0.1, 0.15) is 59.3 Å². The lowest BCUT2D eigenvalue weighted by Gasteiger charge is -2.19. The molecule has 0 fully saturated rings. The molecule has 0 aromatic rings. The number of unbranched alkanes of at least 4 members (excludes halogenated alkanes) is 4. The Hall–Kier alpha value is -0.0900. The van der Waals surface area contributed by atoms with E-state index in [2.05, 4.69) is 6.92 Å². The summed E-state index contributed by atoms with van der Waals surface area (Å²) in [6, 6.07) is 0. The van der Waals surface area contributed by atoms with Crippen LogP contribution in [0.25, 0.3) is 0 Å². The first kappa shape index (κ1) is 15.9. The summed E-state index contributed by atoms with van der Waals surface area (Å²) in [6.45, 7) is 7.35. The predicted octanol–water partition coefficient (Wildman–Crippen LogP) is 3.02. The van der Waals surface area contributed by atoms with Crippen molar-refractivity contribution in [1.82, 2.24) is 4.31 Å². The third-order valence-electron chi connectivity index (χ3n) is 2.72. The van der Waals surface area contributed by atoms with Gasteiger partial charge in [-0.3, -0.25) is 0 Å². The third kappa shape index (κ3) is 6.48. The molecule has 0 amide bonds. The average Bonchev–Trinajstić information content (AvgIpc) is 2.25. The topological polar surface area (TPSA) is 37.4 Å². The standard InChI is InChI=1S/C12H27NO2S/c1-4-7-8-9-10-12-16(14,15)13(6-3)11-5-2/h4-12H2,1-3H3. The predicted molar refractivity (Wildman–Crippen MR) is 70.1 cm³/mol. The molecule has 4 heteroatoms. The molecule has 0 aliphatic carbocycles. The smallest absolute Gasteiger partial charge is 0.212 e. The van der Waals surface area contributed by atoms with E-state index in [4.69, 9.17) is 0 Å². The van der Waals surface area contributed by atoms with Crippen molar-refractivity contribution in [2.45, 2.75) is 59.3 Å². The molecule has 0 heterocycles. The summed E-state index contributed by atoms with van der Waals surface area (Å²) in [5.41, 5.74) is 0. The van der Waals surface area contributed by atoms with Crippen LogP contribution in [-0.2, 0) is 10.0 Å². The highest BCUT2D eigenvalue weighted by Crippen LogP contribution is 2.08. The summed E-state index contributed by atoms with van der Waals surface area (Å²) in [5, 5.41) is 0. The number of nitrogens with zero attached hydrogens (tertiary/aromatic N) is 1. The van der Waals surface area contributed by atoms with E-state index < -0.39 is 10.0 Å². The average molecular weight is 249 g/mol. The molecule has 0 aliphatic heterocycles. The fourth-order valence-electron chi connectivity index (χ4n) is 1.76. The van der Waals surface area contributed by atoms with E-state index in [1.54, 1.807) is 4.31 Å². The first-order valence-electron chi connectivity index (χ1n) is 6.56. The molecular weight excluding hydrogens is 222 g/mol. The van der Waals surface area contributed by atoms with E-state index in [9.17, 15) is 8.42 Å². The minimum Gasteiger partial charge on any atom is -0.212 e. The van der Waals surface area contributed by atoms with Crippen LogP contribution in [-0.4, -0.2) is 31.6 Å². The van der Waals surface area contributed by atoms with Gasteiger partial charge in [0.15, 0.2) is 0 Å². The molecule has 0 spiro atoms. The van der Waals surface area contributed by atoms with Crippen LogP contribution in [0.4, 0.5) is 0 Å². The lowest BCUT2D eigenvalue weighted by Crippen LogP contribution is -2.33. The summed E-state index contributed by atoms with van der Waals surface area (Å²) in [5.74, 6) is 0.324. The van der Waals surface area contributed by atoms with Gasteiger partial charge in [-0.2, -0.15) is 0 Å². The van der Waals surface area contributed by atoms with Crippen LogP contribution >= 0.6 is 0 Å². The van der Waals surface area contributed by atoms with E-state index in [-0.39, 0.29) is 0 Å². The van der Waals surface area contributed by atoms with Gasteiger partial charge < -0.3 is 0 Å². The lowest BCUT2D eigenvalue weighted by atomic mass is 10.2. The van der Waals surface area contributed by atoms with Crippen LogP contribution in [0, 0.1) is 0 Å². The second-order valence-electron chi connectivity index (χ2n) is 4.22. The van der Waals surface area contributed by atoms with E-state index in [0.717, 1.165) is 25.7 Å². The van der Waals surface area contributed by atoms with Crippen LogP contribution in [0.15, 0.2) is 0 Å². The molecule has 0 rings (SSSR count). The van der Waals surface area contributed by atoms with Gasteiger partial charge in [0.25, 0.3) is 0 Å². The highest BCUT2D eigenvalue weighted by molar-refractivity contribution is 7.89. The number of hydrogen-bond acceptors (Lipinski definition) is 2. The third-order valence-corrected chi connectivity index (χ3v) is 4.76. The molecule has 0 N–H and O–H groups in total. The van der Waals surface area contributed by atoms with Crippen molar-refractivity contribution in [2.24, 2.45) is 0 Å². The van der Waals surface area contributed by atoms with Crippen LogP contribution in [0.5, 0.6) is 0 Å². The van der Waals surface area contributed by atoms with E-state index in [0.29, 0.717) is 18.8 Å². The van der Waals surface area contributed by atoms with Crippen molar-refractivity contribution >= 4 is 10.0 Å².